The Balaban J connectivity index is 1.88. The van der Waals surface area contributed by atoms with Crippen molar-refractivity contribution in [3.63, 3.8) is 0 Å². The van der Waals surface area contributed by atoms with Crippen molar-refractivity contribution in [1.29, 1.82) is 0 Å². The van der Waals surface area contributed by atoms with E-state index in [0.717, 1.165) is 19.4 Å². The van der Waals surface area contributed by atoms with Gasteiger partial charge in [-0.25, -0.2) is 0 Å². The molecular formula is C14H18N2O4. The summed E-state index contributed by atoms with van der Waals surface area (Å²) in [6.45, 7) is 1.09. The zero-order valence-corrected chi connectivity index (χ0v) is 11.1. The first-order valence-corrected chi connectivity index (χ1v) is 6.60. The van der Waals surface area contributed by atoms with Gasteiger partial charge in [-0.3, -0.25) is 9.59 Å². The van der Waals surface area contributed by atoms with Crippen molar-refractivity contribution >= 4 is 17.6 Å². The summed E-state index contributed by atoms with van der Waals surface area (Å²) in [6, 6.07) is 6.76. The van der Waals surface area contributed by atoms with Gasteiger partial charge in [0, 0.05) is 24.4 Å². The second-order valence-electron chi connectivity index (χ2n) is 4.67. The lowest BCUT2D eigenvalue weighted by Crippen LogP contribution is -2.31. The normalized spacial score (nSPS) is 17.7. The van der Waals surface area contributed by atoms with Crippen molar-refractivity contribution in [2.45, 2.75) is 18.9 Å². The number of ether oxygens (including phenoxy) is 1. The summed E-state index contributed by atoms with van der Waals surface area (Å²) in [5.74, 6) is -1.13. The minimum atomic E-state index is -0.946. The molecule has 2 rings (SSSR count). The molecule has 3 N–H and O–H groups in total. The van der Waals surface area contributed by atoms with Gasteiger partial charge in [-0.05, 0) is 31.0 Å². The molecule has 1 aromatic rings. The number of nitrogens with one attached hydrogen (secondary N) is 2. The van der Waals surface area contributed by atoms with Gasteiger partial charge < -0.3 is 20.5 Å². The Labute approximate surface area is 117 Å². The minimum absolute atomic E-state index is 0.104. The summed E-state index contributed by atoms with van der Waals surface area (Å²) in [7, 11) is 0. The zero-order chi connectivity index (χ0) is 14.4. The molecule has 0 aromatic heterocycles. The van der Waals surface area contributed by atoms with E-state index in [0.29, 0.717) is 17.8 Å². The Morgan fingerprint density at radius 1 is 1.40 bits per heavy atom. The third kappa shape index (κ3) is 4.24. The topological polar surface area (TPSA) is 87.7 Å². The van der Waals surface area contributed by atoms with Gasteiger partial charge in [-0.1, -0.05) is 6.07 Å². The molecule has 1 amide bonds. The molecule has 1 unspecified atom stereocenters. The summed E-state index contributed by atoms with van der Waals surface area (Å²) in [5, 5.41) is 14.2. The first kappa shape index (κ1) is 14.3. The highest BCUT2D eigenvalue weighted by atomic mass is 16.5. The van der Waals surface area contributed by atoms with Crippen LogP contribution in [0.1, 0.15) is 23.2 Å². The third-order valence-corrected chi connectivity index (χ3v) is 3.08. The van der Waals surface area contributed by atoms with Gasteiger partial charge in [0.25, 0.3) is 5.91 Å². The number of carboxylic acid groups (broad SMARTS) is 1. The lowest BCUT2D eigenvalue weighted by Gasteiger charge is -2.11. The van der Waals surface area contributed by atoms with Crippen molar-refractivity contribution in [2.75, 3.05) is 25.0 Å². The number of aliphatic carboxylic acids is 1. The van der Waals surface area contributed by atoms with Gasteiger partial charge in [-0.2, -0.15) is 0 Å². The lowest BCUT2D eigenvalue weighted by molar-refractivity contribution is -0.134. The number of amides is 1. The molecule has 1 aromatic carbocycles. The van der Waals surface area contributed by atoms with E-state index in [1.54, 1.807) is 24.3 Å². The van der Waals surface area contributed by atoms with E-state index in [4.69, 9.17) is 9.84 Å². The van der Waals surface area contributed by atoms with Crippen LogP contribution in [0.15, 0.2) is 24.3 Å². The molecule has 1 aliphatic heterocycles. The van der Waals surface area contributed by atoms with Crippen LogP contribution in [-0.4, -0.2) is 42.8 Å². The molecule has 1 atom stereocenters. The summed E-state index contributed by atoms with van der Waals surface area (Å²) < 4.78 is 5.44. The lowest BCUT2D eigenvalue weighted by atomic mass is 10.1. The summed E-state index contributed by atoms with van der Waals surface area (Å²) in [5.41, 5.74) is 1.11. The fourth-order valence-corrected chi connectivity index (χ4v) is 2.06. The highest BCUT2D eigenvalue weighted by Crippen LogP contribution is 2.12. The van der Waals surface area contributed by atoms with Gasteiger partial charge in [0.2, 0.25) is 0 Å². The van der Waals surface area contributed by atoms with Gasteiger partial charge in [0.15, 0.2) is 0 Å². The van der Waals surface area contributed by atoms with Crippen molar-refractivity contribution in [1.82, 2.24) is 5.32 Å². The predicted octanol–water partition coefficient (Wildman–Crippen LogP) is 1.09. The maximum Gasteiger partial charge on any atom is 0.322 e. The van der Waals surface area contributed by atoms with E-state index in [1.165, 1.54) is 0 Å². The third-order valence-electron chi connectivity index (χ3n) is 3.08. The molecule has 0 spiro atoms. The highest BCUT2D eigenvalue weighted by Gasteiger charge is 2.16. The molecule has 0 bridgehead atoms. The monoisotopic (exact) mass is 278 g/mol. The van der Waals surface area contributed by atoms with Crippen LogP contribution in [0.2, 0.25) is 0 Å². The molecule has 0 radical (unpaired) electrons. The largest absolute Gasteiger partial charge is 0.480 e. The smallest absolute Gasteiger partial charge is 0.322 e. The van der Waals surface area contributed by atoms with Gasteiger partial charge >= 0.3 is 5.97 Å². The van der Waals surface area contributed by atoms with Crippen LogP contribution >= 0.6 is 0 Å². The van der Waals surface area contributed by atoms with Crippen molar-refractivity contribution in [2.24, 2.45) is 0 Å². The molecule has 20 heavy (non-hydrogen) atoms. The van der Waals surface area contributed by atoms with Crippen LogP contribution in [0.5, 0.6) is 0 Å². The summed E-state index contributed by atoms with van der Waals surface area (Å²) in [6.07, 6.45) is 2.11. The van der Waals surface area contributed by atoms with Crippen molar-refractivity contribution in [3.05, 3.63) is 29.8 Å². The number of anilines is 1. The molecule has 0 aliphatic carbocycles. The maximum atomic E-state index is 12.0. The average molecular weight is 278 g/mol. The highest BCUT2D eigenvalue weighted by molar-refractivity contribution is 5.95. The second-order valence-corrected chi connectivity index (χ2v) is 4.67. The Morgan fingerprint density at radius 3 is 2.95 bits per heavy atom. The van der Waals surface area contributed by atoms with Crippen LogP contribution < -0.4 is 10.6 Å². The molecular weight excluding hydrogens is 260 g/mol. The molecule has 1 fully saturated rings. The Hall–Kier alpha value is -2.08. The minimum Gasteiger partial charge on any atom is -0.480 e. The Morgan fingerprint density at radius 2 is 2.25 bits per heavy atom. The number of rotatable bonds is 6. The Bertz CT molecular complexity index is 484. The number of hydrogen-bond donors (Lipinski definition) is 3. The number of carboxylic acids is 1. The van der Waals surface area contributed by atoms with Crippen LogP contribution in [-0.2, 0) is 9.53 Å². The van der Waals surface area contributed by atoms with Crippen molar-refractivity contribution < 1.29 is 19.4 Å². The average Bonchev–Trinajstić information content (AvgIpc) is 2.96. The Kier molecular flexibility index (Phi) is 4.95. The first-order chi connectivity index (χ1) is 9.65. The molecule has 1 heterocycles. The van der Waals surface area contributed by atoms with E-state index in [9.17, 15) is 9.59 Å². The molecule has 6 heteroatoms. The van der Waals surface area contributed by atoms with Gasteiger partial charge in [0.05, 0.1) is 6.10 Å². The van der Waals surface area contributed by atoms with E-state index in [1.807, 2.05) is 0 Å². The van der Waals surface area contributed by atoms with E-state index >= 15 is 0 Å². The standard InChI is InChI=1S/C14H18N2O4/c17-13(18)9-15-11-4-1-3-10(7-11)14(19)16-8-12-5-2-6-20-12/h1,3-4,7,12,15H,2,5-6,8-9H2,(H,16,19)(H,17,18). The molecule has 1 saturated heterocycles. The van der Waals surface area contributed by atoms with E-state index in [-0.39, 0.29) is 18.6 Å². The van der Waals surface area contributed by atoms with Crippen molar-refractivity contribution in [3.8, 4) is 0 Å². The number of carbonyl (C=O) groups is 2. The van der Waals surface area contributed by atoms with Gasteiger partial charge in [0.1, 0.15) is 6.54 Å². The number of carbonyl (C=O) groups excluding carboxylic acids is 1. The maximum absolute atomic E-state index is 12.0. The van der Waals surface area contributed by atoms with Crippen LogP contribution in [0.25, 0.3) is 0 Å². The summed E-state index contributed by atoms with van der Waals surface area (Å²) >= 11 is 0. The summed E-state index contributed by atoms with van der Waals surface area (Å²) in [4.78, 5) is 22.5. The molecule has 108 valence electrons. The van der Waals surface area contributed by atoms with Crippen LogP contribution in [0.4, 0.5) is 5.69 Å². The fourth-order valence-electron chi connectivity index (χ4n) is 2.06. The zero-order valence-electron chi connectivity index (χ0n) is 11.1. The quantitative estimate of drug-likeness (QED) is 0.725. The van der Waals surface area contributed by atoms with Crippen LogP contribution in [0, 0.1) is 0 Å². The molecule has 1 aliphatic rings. The SMILES string of the molecule is O=C(O)CNc1cccc(C(=O)NCC2CCCO2)c1. The number of benzene rings is 1. The fraction of sp³-hybridized carbons (Fsp3) is 0.429. The molecule has 6 nitrogen and oxygen atoms in total. The van der Waals surface area contributed by atoms with E-state index in [2.05, 4.69) is 10.6 Å². The first-order valence-electron chi connectivity index (χ1n) is 6.60. The number of hydrogen-bond acceptors (Lipinski definition) is 4. The predicted molar refractivity (Wildman–Crippen MR) is 73.9 cm³/mol. The van der Waals surface area contributed by atoms with Crippen LogP contribution in [0.3, 0.4) is 0 Å². The second kappa shape index (κ2) is 6.91. The van der Waals surface area contributed by atoms with Gasteiger partial charge in [-0.15, -0.1) is 0 Å². The molecule has 0 saturated carbocycles. The van der Waals surface area contributed by atoms with E-state index < -0.39 is 5.97 Å².